The van der Waals surface area contributed by atoms with E-state index in [-0.39, 0.29) is 5.78 Å². The fraction of sp³-hybridized carbons (Fsp3) is 0.267. The first-order valence-electron chi connectivity index (χ1n) is 5.93. The summed E-state index contributed by atoms with van der Waals surface area (Å²) in [6, 6.07) is 10.3. The van der Waals surface area contributed by atoms with Gasteiger partial charge in [0.25, 0.3) is 0 Å². The van der Waals surface area contributed by atoms with Crippen molar-refractivity contribution in [2.75, 3.05) is 0 Å². The monoisotopic (exact) mass is 288 g/mol. The maximum absolute atomic E-state index is 12.0. The second-order valence-corrected chi connectivity index (χ2v) is 5.58. The molecular formula is C15H13BrO. The first-order valence-corrected chi connectivity index (χ1v) is 6.72. The summed E-state index contributed by atoms with van der Waals surface area (Å²) in [6.07, 6.45) is 1.65. The molecule has 0 aromatic heterocycles. The zero-order valence-corrected chi connectivity index (χ0v) is 11.3. The molecule has 0 radical (unpaired) electrons. The summed E-state index contributed by atoms with van der Waals surface area (Å²) in [6.45, 7) is 2.21. The maximum Gasteiger partial charge on any atom is 0.163 e. The molecule has 1 nitrogen and oxygen atoms in total. The lowest BCUT2D eigenvalue weighted by Crippen LogP contribution is -2.14. The van der Waals surface area contributed by atoms with E-state index < -0.39 is 0 Å². The van der Waals surface area contributed by atoms with E-state index in [1.165, 1.54) is 16.3 Å². The summed E-state index contributed by atoms with van der Waals surface area (Å²) in [5.74, 6) is 0.755. The predicted octanol–water partition coefficient (Wildman–Crippen LogP) is 4.68. The number of rotatable bonds is 0. The minimum atomic E-state index is 0.282. The van der Waals surface area contributed by atoms with Crippen LogP contribution in [0.1, 0.15) is 41.6 Å². The van der Waals surface area contributed by atoms with E-state index >= 15 is 0 Å². The zero-order chi connectivity index (χ0) is 12.0. The lowest BCUT2D eigenvalue weighted by Gasteiger charge is -2.23. The molecule has 0 saturated carbocycles. The molecule has 0 aliphatic heterocycles. The van der Waals surface area contributed by atoms with Gasteiger partial charge in [-0.1, -0.05) is 47.1 Å². The van der Waals surface area contributed by atoms with Crippen molar-refractivity contribution < 1.29 is 4.79 Å². The van der Waals surface area contributed by atoms with Crippen LogP contribution in [0.2, 0.25) is 0 Å². The standard InChI is InChI=1S/C15H13BrO/c1-9-6-7-14(17)12-8-13(16)10-4-2-3-5-11(10)15(9)12/h2-5,8-9H,6-7H2,1H3. The van der Waals surface area contributed by atoms with Crippen molar-refractivity contribution in [3.05, 3.63) is 45.9 Å². The SMILES string of the molecule is CC1CCC(=O)c2cc(Br)c3ccccc3c21. The molecule has 0 heterocycles. The molecule has 0 spiro atoms. The van der Waals surface area contributed by atoms with Crippen LogP contribution in [0.5, 0.6) is 0 Å². The van der Waals surface area contributed by atoms with Crippen molar-refractivity contribution in [1.82, 2.24) is 0 Å². The number of halogens is 1. The molecular weight excluding hydrogens is 276 g/mol. The molecule has 1 aliphatic rings. The minimum absolute atomic E-state index is 0.282. The Bertz CT molecular complexity index is 616. The van der Waals surface area contributed by atoms with Gasteiger partial charge in [-0.05, 0) is 34.7 Å². The van der Waals surface area contributed by atoms with Gasteiger partial charge in [-0.25, -0.2) is 0 Å². The molecule has 0 bridgehead atoms. The van der Waals surface area contributed by atoms with Crippen LogP contribution in [-0.4, -0.2) is 5.78 Å². The molecule has 1 atom stereocenters. The van der Waals surface area contributed by atoms with Crippen LogP contribution < -0.4 is 0 Å². The highest BCUT2D eigenvalue weighted by atomic mass is 79.9. The summed E-state index contributed by atoms with van der Waals surface area (Å²) in [4.78, 5) is 12.0. The van der Waals surface area contributed by atoms with Gasteiger partial charge in [-0.15, -0.1) is 0 Å². The molecule has 0 saturated heterocycles. The van der Waals surface area contributed by atoms with Crippen molar-refractivity contribution in [2.24, 2.45) is 0 Å². The lowest BCUT2D eigenvalue weighted by atomic mass is 9.80. The highest BCUT2D eigenvalue weighted by Gasteiger charge is 2.25. The third kappa shape index (κ3) is 1.62. The van der Waals surface area contributed by atoms with Gasteiger partial charge in [-0.2, -0.15) is 0 Å². The number of hydrogen-bond donors (Lipinski definition) is 0. The van der Waals surface area contributed by atoms with Crippen LogP contribution >= 0.6 is 15.9 Å². The third-order valence-corrected chi connectivity index (χ3v) is 4.29. The fourth-order valence-electron chi connectivity index (χ4n) is 2.74. The molecule has 0 N–H and O–H groups in total. The van der Waals surface area contributed by atoms with Crippen LogP contribution in [0.4, 0.5) is 0 Å². The first kappa shape index (κ1) is 11.0. The largest absolute Gasteiger partial charge is 0.294 e. The second kappa shape index (κ2) is 3.95. The van der Waals surface area contributed by atoms with E-state index in [2.05, 4.69) is 35.0 Å². The molecule has 1 unspecified atom stereocenters. The Morgan fingerprint density at radius 3 is 2.71 bits per heavy atom. The van der Waals surface area contributed by atoms with E-state index in [1.807, 2.05) is 18.2 Å². The van der Waals surface area contributed by atoms with Crippen molar-refractivity contribution in [3.8, 4) is 0 Å². The van der Waals surface area contributed by atoms with Gasteiger partial charge in [0.15, 0.2) is 5.78 Å². The van der Waals surface area contributed by atoms with Crippen LogP contribution in [0.25, 0.3) is 10.8 Å². The third-order valence-electron chi connectivity index (χ3n) is 3.63. The Hall–Kier alpha value is -1.15. The normalized spacial score (nSPS) is 19.4. The van der Waals surface area contributed by atoms with Crippen LogP contribution in [-0.2, 0) is 0 Å². The van der Waals surface area contributed by atoms with E-state index in [4.69, 9.17) is 0 Å². The molecule has 0 fully saturated rings. The summed E-state index contributed by atoms with van der Waals surface area (Å²) in [7, 11) is 0. The number of Topliss-reactive ketones (excluding diaryl/α,β-unsaturated/α-hetero) is 1. The molecule has 2 aromatic carbocycles. The van der Waals surface area contributed by atoms with Gasteiger partial charge >= 0.3 is 0 Å². The Labute approximate surface area is 109 Å². The van der Waals surface area contributed by atoms with Gasteiger partial charge in [0, 0.05) is 16.5 Å². The molecule has 17 heavy (non-hydrogen) atoms. The lowest BCUT2D eigenvalue weighted by molar-refractivity contribution is 0.0968. The average Bonchev–Trinajstić information content (AvgIpc) is 2.34. The zero-order valence-electron chi connectivity index (χ0n) is 9.66. The molecule has 1 aliphatic carbocycles. The van der Waals surface area contributed by atoms with Crippen LogP contribution in [0.3, 0.4) is 0 Å². The highest BCUT2D eigenvalue weighted by Crippen LogP contribution is 2.39. The second-order valence-electron chi connectivity index (χ2n) is 4.73. The number of hydrogen-bond acceptors (Lipinski definition) is 1. The fourth-order valence-corrected chi connectivity index (χ4v) is 3.32. The molecule has 2 heteroatoms. The number of carbonyl (C=O) groups is 1. The van der Waals surface area contributed by atoms with Crippen LogP contribution in [0.15, 0.2) is 34.8 Å². The Morgan fingerprint density at radius 2 is 1.94 bits per heavy atom. The summed E-state index contributed by atoms with van der Waals surface area (Å²) >= 11 is 3.57. The molecule has 3 rings (SSSR count). The quantitative estimate of drug-likeness (QED) is 0.688. The highest BCUT2D eigenvalue weighted by molar-refractivity contribution is 9.10. The van der Waals surface area contributed by atoms with Crippen molar-refractivity contribution >= 4 is 32.5 Å². The number of benzene rings is 2. The minimum Gasteiger partial charge on any atom is -0.294 e. The van der Waals surface area contributed by atoms with Gasteiger partial charge in [-0.3, -0.25) is 4.79 Å². The Morgan fingerprint density at radius 1 is 1.24 bits per heavy atom. The number of fused-ring (bicyclic) bond motifs is 3. The summed E-state index contributed by atoms with van der Waals surface area (Å²) in [5.41, 5.74) is 2.15. The smallest absolute Gasteiger partial charge is 0.163 e. The Balaban J connectivity index is 2.45. The molecule has 86 valence electrons. The van der Waals surface area contributed by atoms with E-state index in [0.717, 1.165) is 16.5 Å². The number of carbonyl (C=O) groups excluding carboxylic acids is 1. The van der Waals surface area contributed by atoms with Crippen molar-refractivity contribution in [1.29, 1.82) is 0 Å². The Kier molecular flexibility index (Phi) is 2.55. The first-order chi connectivity index (χ1) is 8.18. The molecule has 2 aromatic rings. The molecule has 0 amide bonds. The van der Waals surface area contributed by atoms with Gasteiger partial charge in [0.1, 0.15) is 0 Å². The van der Waals surface area contributed by atoms with Gasteiger partial charge < -0.3 is 0 Å². The predicted molar refractivity (Wildman–Crippen MR) is 73.6 cm³/mol. The summed E-state index contributed by atoms with van der Waals surface area (Å²) < 4.78 is 1.02. The van der Waals surface area contributed by atoms with Crippen molar-refractivity contribution in [2.45, 2.75) is 25.7 Å². The number of ketones is 1. The topological polar surface area (TPSA) is 17.1 Å². The maximum atomic E-state index is 12.0. The van der Waals surface area contributed by atoms with E-state index in [9.17, 15) is 4.79 Å². The van der Waals surface area contributed by atoms with Crippen molar-refractivity contribution in [3.63, 3.8) is 0 Å². The van der Waals surface area contributed by atoms with Gasteiger partial charge in [0.2, 0.25) is 0 Å². The summed E-state index contributed by atoms with van der Waals surface area (Å²) in [5, 5.41) is 2.42. The van der Waals surface area contributed by atoms with E-state index in [1.54, 1.807) is 0 Å². The van der Waals surface area contributed by atoms with Crippen LogP contribution in [0, 0.1) is 0 Å². The average molecular weight is 289 g/mol. The van der Waals surface area contributed by atoms with E-state index in [0.29, 0.717) is 12.3 Å². The van der Waals surface area contributed by atoms with Gasteiger partial charge in [0.05, 0.1) is 0 Å².